The maximum Gasteiger partial charge on any atom is 0.137 e. The third-order valence-corrected chi connectivity index (χ3v) is 3.42. The zero-order chi connectivity index (χ0) is 13.6. The molecular weight excluding hydrogens is 295 g/mol. The van der Waals surface area contributed by atoms with Gasteiger partial charge in [-0.05, 0) is 67.8 Å². The maximum absolute atomic E-state index is 13.3. The van der Waals surface area contributed by atoms with Crippen LogP contribution in [0.2, 0.25) is 0 Å². The molecule has 4 heteroatoms. The standard InChI is InChI=1S/C14H22BrFN2/c1-14(2,3)18-9-5-8-17-10-11-6-4-7-12(16)13(11)15/h4,6-7,17-18H,5,8-10H2,1-3H3. The highest BCUT2D eigenvalue weighted by Gasteiger charge is 2.07. The lowest BCUT2D eigenvalue weighted by Gasteiger charge is -2.20. The van der Waals surface area contributed by atoms with E-state index in [2.05, 4.69) is 47.3 Å². The molecule has 0 aromatic heterocycles. The Morgan fingerprint density at radius 3 is 2.61 bits per heavy atom. The number of halogens is 2. The molecule has 2 nitrogen and oxygen atoms in total. The summed E-state index contributed by atoms with van der Waals surface area (Å²) in [5.74, 6) is -0.205. The SMILES string of the molecule is CC(C)(C)NCCCNCc1cccc(F)c1Br. The minimum absolute atomic E-state index is 0.172. The van der Waals surface area contributed by atoms with Crippen LogP contribution in [0.15, 0.2) is 22.7 Å². The molecule has 0 heterocycles. The van der Waals surface area contributed by atoms with E-state index >= 15 is 0 Å². The number of hydrogen-bond donors (Lipinski definition) is 2. The average molecular weight is 317 g/mol. The second kappa shape index (κ2) is 7.22. The van der Waals surface area contributed by atoms with Gasteiger partial charge >= 0.3 is 0 Å². The molecule has 0 atom stereocenters. The molecule has 0 saturated carbocycles. The van der Waals surface area contributed by atoms with E-state index in [-0.39, 0.29) is 11.4 Å². The van der Waals surface area contributed by atoms with Gasteiger partial charge < -0.3 is 10.6 Å². The van der Waals surface area contributed by atoms with Crippen LogP contribution >= 0.6 is 15.9 Å². The molecule has 18 heavy (non-hydrogen) atoms. The van der Waals surface area contributed by atoms with Crippen molar-refractivity contribution in [3.8, 4) is 0 Å². The van der Waals surface area contributed by atoms with Gasteiger partial charge in [-0.15, -0.1) is 0 Å². The summed E-state index contributed by atoms with van der Waals surface area (Å²) in [7, 11) is 0. The Hall–Kier alpha value is -0.450. The summed E-state index contributed by atoms with van der Waals surface area (Å²) in [4.78, 5) is 0. The summed E-state index contributed by atoms with van der Waals surface area (Å²) in [5, 5.41) is 6.75. The van der Waals surface area contributed by atoms with E-state index in [1.54, 1.807) is 6.07 Å². The second-order valence-electron chi connectivity index (χ2n) is 5.42. The van der Waals surface area contributed by atoms with Crippen molar-refractivity contribution in [2.24, 2.45) is 0 Å². The van der Waals surface area contributed by atoms with E-state index < -0.39 is 0 Å². The zero-order valence-electron chi connectivity index (χ0n) is 11.3. The molecule has 0 radical (unpaired) electrons. The molecule has 0 unspecified atom stereocenters. The maximum atomic E-state index is 13.3. The van der Waals surface area contributed by atoms with Gasteiger partial charge in [-0.1, -0.05) is 12.1 Å². The zero-order valence-corrected chi connectivity index (χ0v) is 12.9. The molecule has 102 valence electrons. The molecule has 0 aliphatic carbocycles. The fourth-order valence-corrected chi connectivity index (χ4v) is 1.99. The van der Waals surface area contributed by atoms with E-state index in [4.69, 9.17) is 0 Å². The van der Waals surface area contributed by atoms with Crippen LogP contribution in [0.5, 0.6) is 0 Å². The van der Waals surface area contributed by atoms with Crippen molar-refractivity contribution >= 4 is 15.9 Å². The number of hydrogen-bond acceptors (Lipinski definition) is 2. The normalized spacial score (nSPS) is 11.8. The lowest BCUT2D eigenvalue weighted by atomic mass is 10.1. The van der Waals surface area contributed by atoms with Crippen LogP contribution in [0.3, 0.4) is 0 Å². The van der Waals surface area contributed by atoms with Crippen LogP contribution in [-0.2, 0) is 6.54 Å². The Labute approximate surface area is 117 Å². The van der Waals surface area contributed by atoms with Crippen molar-refractivity contribution < 1.29 is 4.39 Å². The molecule has 0 spiro atoms. The van der Waals surface area contributed by atoms with Crippen LogP contribution in [0, 0.1) is 5.82 Å². The summed E-state index contributed by atoms with van der Waals surface area (Å²) in [6.45, 7) is 9.07. The Kier molecular flexibility index (Phi) is 6.26. The minimum atomic E-state index is -0.205. The summed E-state index contributed by atoms with van der Waals surface area (Å²) in [6.07, 6.45) is 1.06. The molecule has 2 N–H and O–H groups in total. The predicted octanol–water partition coefficient (Wildman–Crippen LogP) is 3.46. The van der Waals surface area contributed by atoms with Crippen molar-refractivity contribution in [2.75, 3.05) is 13.1 Å². The lowest BCUT2D eigenvalue weighted by molar-refractivity contribution is 0.418. The highest BCUT2D eigenvalue weighted by molar-refractivity contribution is 9.10. The smallest absolute Gasteiger partial charge is 0.137 e. The van der Waals surface area contributed by atoms with Crippen molar-refractivity contribution in [1.82, 2.24) is 10.6 Å². The molecule has 0 aliphatic rings. The van der Waals surface area contributed by atoms with Crippen LogP contribution in [0.25, 0.3) is 0 Å². The first-order chi connectivity index (χ1) is 8.40. The molecule has 0 fully saturated rings. The molecule has 0 bridgehead atoms. The number of nitrogens with one attached hydrogen (secondary N) is 2. The largest absolute Gasteiger partial charge is 0.313 e. The van der Waals surface area contributed by atoms with Gasteiger partial charge in [-0.2, -0.15) is 0 Å². The lowest BCUT2D eigenvalue weighted by Crippen LogP contribution is -2.37. The van der Waals surface area contributed by atoms with Crippen LogP contribution in [0.1, 0.15) is 32.8 Å². The minimum Gasteiger partial charge on any atom is -0.313 e. The van der Waals surface area contributed by atoms with E-state index in [0.29, 0.717) is 11.0 Å². The van der Waals surface area contributed by atoms with Crippen molar-refractivity contribution in [3.05, 3.63) is 34.1 Å². The van der Waals surface area contributed by atoms with E-state index in [1.807, 2.05) is 6.07 Å². The van der Waals surface area contributed by atoms with E-state index in [0.717, 1.165) is 25.1 Å². The molecule has 1 rings (SSSR count). The van der Waals surface area contributed by atoms with Gasteiger partial charge in [0.25, 0.3) is 0 Å². The van der Waals surface area contributed by atoms with Crippen LogP contribution < -0.4 is 10.6 Å². The topological polar surface area (TPSA) is 24.1 Å². The van der Waals surface area contributed by atoms with Gasteiger partial charge in [-0.25, -0.2) is 4.39 Å². The average Bonchev–Trinajstić information content (AvgIpc) is 2.27. The third-order valence-electron chi connectivity index (χ3n) is 2.53. The molecular formula is C14H22BrFN2. The van der Waals surface area contributed by atoms with Gasteiger partial charge in [0.05, 0.1) is 4.47 Å². The van der Waals surface area contributed by atoms with Gasteiger partial charge in [-0.3, -0.25) is 0 Å². The van der Waals surface area contributed by atoms with Crippen molar-refractivity contribution in [1.29, 1.82) is 0 Å². The first-order valence-electron chi connectivity index (χ1n) is 6.29. The van der Waals surface area contributed by atoms with Gasteiger partial charge in [0.2, 0.25) is 0 Å². The number of rotatable bonds is 6. The van der Waals surface area contributed by atoms with Crippen molar-refractivity contribution in [3.63, 3.8) is 0 Å². The Balaban J connectivity index is 2.20. The molecule has 1 aromatic carbocycles. The first-order valence-corrected chi connectivity index (χ1v) is 7.08. The highest BCUT2D eigenvalue weighted by Crippen LogP contribution is 2.19. The fourth-order valence-electron chi connectivity index (χ4n) is 1.58. The van der Waals surface area contributed by atoms with Gasteiger partial charge in [0.1, 0.15) is 5.82 Å². The predicted molar refractivity (Wildman–Crippen MR) is 78.2 cm³/mol. The quantitative estimate of drug-likeness (QED) is 0.785. The monoisotopic (exact) mass is 316 g/mol. The van der Waals surface area contributed by atoms with E-state index in [9.17, 15) is 4.39 Å². The first kappa shape index (κ1) is 15.6. The molecule has 1 aromatic rings. The molecule has 0 amide bonds. The van der Waals surface area contributed by atoms with Crippen molar-refractivity contribution in [2.45, 2.75) is 39.3 Å². The number of benzene rings is 1. The third kappa shape index (κ3) is 5.94. The summed E-state index contributed by atoms with van der Waals surface area (Å²) >= 11 is 3.26. The van der Waals surface area contributed by atoms with Gasteiger partial charge in [0.15, 0.2) is 0 Å². The Morgan fingerprint density at radius 1 is 1.22 bits per heavy atom. The van der Waals surface area contributed by atoms with Crippen LogP contribution in [0.4, 0.5) is 4.39 Å². The molecule has 0 aliphatic heterocycles. The van der Waals surface area contributed by atoms with Crippen LogP contribution in [-0.4, -0.2) is 18.6 Å². The summed E-state index contributed by atoms with van der Waals surface area (Å²) in [5.41, 5.74) is 1.13. The Morgan fingerprint density at radius 2 is 1.94 bits per heavy atom. The van der Waals surface area contributed by atoms with E-state index in [1.165, 1.54) is 6.07 Å². The highest BCUT2D eigenvalue weighted by atomic mass is 79.9. The van der Waals surface area contributed by atoms with Gasteiger partial charge in [0, 0.05) is 12.1 Å². The second-order valence-corrected chi connectivity index (χ2v) is 6.21. The Bertz CT molecular complexity index is 375. The molecule has 0 saturated heterocycles. The summed E-state index contributed by atoms with van der Waals surface area (Å²) in [6, 6.07) is 5.12. The summed E-state index contributed by atoms with van der Waals surface area (Å²) < 4.78 is 13.8. The fraction of sp³-hybridized carbons (Fsp3) is 0.571.